The first-order valence-corrected chi connectivity index (χ1v) is 13.0. The summed E-state index contributed by atoms with van der Waals surface area (Å²) in [4.78, 5) is 41.9. The van der Waals surface area contributed by atoms with E-state index in [0.29, 0.717) is 29.2 Å². The lowest BCUT2D eigenvalue weighted by atomic mass is 10.0. The van der Waals surface area contributed by atoms with Crippen LogP contribution in [0.3, 0.4) is 0 Å². The molecule has 4 amide bonds. The van der Waals surface area contributed by atoms with Crippen LogP contribution in [0.2, 0.25) is 0 Å². The molecule has 0 aliphatic carbocycles. The molecule has 1 aliphatic heterocycles. The number of tetrazole rings is 1. The predicted molar refractivity (Wildman–Crippen MR) is 147 cm³/mol. The quantitative estimate of drug-likeness (QED) is 0.382. The van der Waals surface area contributed by atoms with Gasteiger partial charge in [-0.2, -0.15) is 0 Å². The number of carbonyl (C=O) groups is 3. The lowest BCUT2D eigenvalue weighted by Gasteiger charge is -2.34. The Morgan fingerprint density at radius 1 is 1.18 bits per heavy atom. The predicted octanol–water partition coefficient (Wildman–Crippen LogP) is 1.62. The molecular formula is C27H34N8O5. The number of aromatic nitrogens is 4. The standard InChI is InChI=1S/C27H34N8O5/c1-18-13-35(19(2)16-36)26(38)12-20-11-22(29-25(37)15-34-17-28-31-32-34)9-10-23(20)40-24(18)14-33(3)27(39)30-21-7-5-4-6-8-21/h4-11,17-19,24,36H,12-16H2,1-3H3,(H,29,37)(H,30,39)/t18-,19-,24+/m1/s1. The van der Waals surface area contributed by atoms with Crippen molar-refractivity contribution in [3.8, 4) is 5.75 Å². The molecular weight excluding hydrogens is 516 g/mol. The first kappa shape index (κ1) is 28.5. The van der Waals surface area contributed by atoms with Crippen LogP contribution in [-0.4, -0.2) is 91.8 Å². The molecule has 0 bridgehead atoms. The lowest BCUT2D eigenvalue weighted by molar-refractivity contribution is -0.134. The number of amides is 4. The van der Waals surface area contributed by atoms with Crippen molar-refractivity contribution in [2.75, 3.05) is 37.4 Å². The molecule has 13 heteroatoms. The highest BCUT2D eigenvalue weighted by atomic mass is 16.5. The van der Waals surface area contributed by atoms with E-state index in [0.717, 1.165) is 0 Å². The zero-order valence-corrected chi connectivity index (χ0v) is 22.7. The van der Waals surface area contributed by atoms with Gasteiger partial charge in [0.15, 0.2) is 0 Å². The third-order valence-corrected chi connectivity index (χ3v) is 6.72. The minimum atomic E-state index is -0.468. The molecule has 0 saturated heterocycles. The van der Waals surface area contributed by atoms with Crippen molar-refractivity contribution in [2.45, 2.75) is 39.0 Å². The average molecular weight is 551 g/mol. The Hall–Kier alpha value is -4.52. The van der Waals surface area contributed by atoms with E-state index in [9.17, 15) is 19.5 Å². The number of aliphatic hydroxyl groups excluding tert-OH is 1. The normalized spacial score (nSPS) is 17.9. The second-order valence-corrected chi connectivity index (χ2v) is 9.94. The summed E-state index contributed by atoms with van der Waals surface area (Å²) in [5.41, 5.74) is 1.74. The van der Waals surface area contributed by atoms with Crippen molar-refractivity contribution >= 4 is 29.2 Å². The van der Waals surface area contributed by atoms with Crippen LogP contribution >= 0.6 is 0 Å². The van der Waals surface area contributed by atoms with Gasteiger partial charge in [-0.05, 0) is 47.7 Å². The fourth-order valence-electron chi connectivity index (χ4n) is 4.42. The Kier molecular flexibility index (Phi) is 9.27. The molecule has 0 saturated carbocycles. The van der Waals surface area contributed by atoms with Gasteiger partial charge in [-0.3, -0.25) is 9.59 Å². The number of ether oxygens (including phenoxy) is 1. The van der Waals surface area contributed by atoms with Gasteiger partial charge in [0.05, 0.1) is 25.6 Å². The molecule has 13 nitrogen and oxygen atoms in total. The van der Waals surface area contributed by atoms with Crippen LogP contribution in [0.5, 0.6) is 5.75 Å². The van der Waals surface area contributed by atoms with E-state index < -0.39 is 12.1 Å². The smallest absolute Gasteiger partial charge is 0.321 e. The number of nitrogens with zero attached hydrogens (tertiary/aromatic N) is 6. The summed E-state index contributed by atoms with van der Waals surface area (Å²) >= 11 is 0. The molecule has 2 heterocycles. The Morgan fingerprint density at radius 3 is 2.65 bits per heavy atom. The number of urea groups is 1. The fraction of sp³-hybridized carbons (Fsp3) is 0.407. The molecule has 2 aromatic carbocycles. The zero-order chi connectivity index (χ0) is 28.6. The molecule has 3 atom stereocenters. The summed E-state index contributed by atoms with van der Waals surface area (Å²) in [7, 11) is 1.68. The average Bonchev–Trinajstić information content (AvgIpc) is 3.45. The van der Waals surface area contributed by atoms with Gasteiger partial charge in [-0.25, -0.2) is 9.48 Å². The second kappa shape index (κ2) is 13.0. The number of nitrogens with one attached hydrogen (secondary N) is 2. The number of para-hydroxylation sites is 1. The molecule has 1 aliphatic rings. The minimum Gasteiger partial charge on any atom is -0.488 e. The number of fused-ring (bicyclic) bond motifs is 1. The van der Waals surface area contributed by atoms with Gasteiger partial charge in [0.25, 0.3) is 0 Å². The van der Waals surface area contributed by atoms with Crippen LogP contribution in [0.1, 0.15) is 19.4 Å². The number of hydrogen-bond acceptors (Lipinski definition) is 8. The molecule has 0 spiro atoms. The Labute approximate surface area is 232 Å². The highest BCUT2D eigenvalue weighted by Crippen LogP contribution is 2.29. The van der Waals surface area contributed by atoms with Crippen LogP contribution < -0.4 is 15.4 Å². The fourth-order valence-corrected chi connectivity index (χ4v) is 4.42. The van der Waals surface area contributed by atoms with Gasteiger partial charge in [0.2, 0.25) is 11.8 Å². The van der Waals surface area contributed by atoms with Gasteiger partial charge in [0, 0.05) is 36.4 Å². The van der Waals surface area contributed by atoms with E-state index in [2.05, 4.69) is 26.2 Å². The number of aliphatic hydroxyl groups is 1. The molecule has 3 N–H and O–H groups in total. The molecule has 212 valence electrons. The number of likely N-dealkylation sites (N-methyl/N-ethyl adjacent to an activating group) is 1. The highest BCUT2D eigenvalue weighted by molar-refractivity contribution is 5.91. The topological polar surface area (TPSA) is 155 Å². The van der Waals surface area contributed by atoms with E-state index in [1.54, 1.807) is 54.1 Å². The van der Waals surface area contributed by atoms with Crippen LogP contribution in [-0.2, 0) is 22.6 Å². The maximum absolute atomic E-state index is 13.4. The van der Waals surface area contributed by atoms with Gasteiger partial charge in [-0.1, -0.05) is 25.1 Å². The molecule has 0 fully saturated rings. The third-order valence-electron chi connectivity index (χ3n) is 6.72. The number of benzene rings is 2. The van der Waals surface area contributed by atoms with Crippen molar-refractivity contribution in [3.63, 3.8) is 0 Å². The minimum absolute atomic E-state index is 0.0140. The van der Waals surface area contributed by atoms with E-state index in [4.69, 9.17) is 4.74 Å². The van der Waals surface area contributed by atoms with Crippen molar-refractivity contribution in [2.24, 2.45) is 5.92 Å². The summed E-state index contributed by atoms with van der Waals surface area (Å²) in [5.74, 6) is -0.201. The van der Waals surface area contributed by atoms with Gasteiger partial charge < -0.3 is 30.3 Å². The SMILES string of the molecule is C[C@@H]1CN([C@H](C)CO)C(=O)Cc2cc(NC(=O)Cn3cnnn3)ccc2O[C@H]1CN(C)C(=O)Nc1ccccc1. The monoisotopic (exact) mass is 550 g/mol. The molecule has 1 aromatic heterocycles. The Bertz CT molecular complexity index is 1300. The third kappa shape index (κ3) is 7.32. The Morgan fingerprint density at radius 2 is 1.95 bits per heavy atom. The summed E-state index contributed by atoms with van der Waals surface area (Å²) < 4.78 is 7.75. The van der Waals surface area contributed by atoms with Crippen molar-refractivity contribution in [1.82, 2.24) is 30.0 Å². The largest absolute Gasteiger partial charge is 0.488 e. The number of hydrogen-bond donors (Lipinski definition) is 3. The maximum Gasteiger partial charge on any atom is 0.321 e. The Balaban J connectivity index is 1.56. The highest BCUT2D eigenvalue weighted by Gasteiger charge is 2.32. The lowest BCUT2D eigenvalue weighted by Crippen LogP contribution is -2.48. The van der Waals surface area contributed by atoms with Crippen molar-refractivity contribution in [3.05, 3.63) is 60.4 Å². The van der Waals surface area contributed by atoms with E-state index in [1.807, 2.05) is 25.1 Å². The van der Waals surface area contributed by atoms with Crippen molar-refractivity contribution in [1.29, 1.82) is 0 Å². The summed E-state index contributed by atoms with van der Waals surface area (Å²) in [6, 6.07) is 13.6. The van der Waals surface area contributed by atoms with Gasteiger partial charge >= 0.3 is 6.03 Å². The van der Waals surface area contributed by atoms with Gasteiger partial charge in [-0.15, -0.1) is 5.10 Å². The molecule has 3 aromatic rings. The summed E-state index contributed by atoms with van der Waals surface area (Å²) in [6.45, 7) is 4.06. The summed E-state index contributed by atoms with van der Waals surface area (Å²) in [5, 5.41) is 26.2. The number of anilines is 2. The van der Waals surface area contributed by atoms with E-state index >= 15 is 0 Å². The molecule has 40 heavy (non-hydrogen) atoms. The first-order chi connectivity index (χ1) is 19.2. The summed E-state index contributed by atoms with van der Waals surface area (Å²) in [6.07, 6.45) is 0.885. The number of carbonyl (C=O) groups excluding carboxylic acids is 3. The van der Waals surface area contributed by atoms with Crippen LogP contribution in [0.15, 0.2) is 54.9 Å². The van der Waals surface area contributed by atoms with Crippen LogP contribution in [0.25, 0.3) is 0 Å². The zero-order valence-electron chi connectivity index (χ0n) is 22.7. The molecule has 4 rings (SSSR count). The van der Waals surface area contributed by atoms with Crippen molar-refractivity contribution < 1.29 is 24.2 Å². The van der Waals surface area contributed by atoms with E-state index in [-0.39, 0.29) is 49.9 Å². The van der Waals surface area contributed by atoms with Crippen LogP contribution in [0, 0.1) is 5.92 Å². The van der Waals surface area contributed by atoms with E-state index in [1.165, 1.54) is 11.0 Å². The molecule has 0 unspecified atom stereocenters. The second-order valence-electron chi connectivity index (χ2n) is 9.94. The molecule has 0 radical (unpaired) electrons. The maximum atomic E-state index is 13.4. The number of rotatable bonds is 8. The first-order valence-electron chi connectivity index (χ1n) is 13.0. The van der Waals surface area contributed by atoms with Gasteiger partial charge in [0.1, 0.15) is 24.7 Å². The van der Waals surface area contributed by atoms with Crippen LogP contribution in [0.4, 0.5) is 16.2 Å².